The molecule has 0 saturated carbocycles. The van der Waals surface area contributed by atoms with Gasteiger partial charge in [0.1, 0.15) is 5.82 Å². The first-order valence-electron chi connectivity index (χ1n) is 3.92. The largest absolute Gasteiger partial charge is 0.383 e. The second-order valence-corrected chi connectivity index (χ2v) is 4.69. The Bertz CT molecular complexity index is 280. The molecule has 0 aliphatic rings. The smallest absolute Gasteiger partial charge is 0.124 e. The highest BCUT2D eigenvalue weighted by atomic mass is 127. The van der Waals surface area contributed by atoms with Gasteiger partial charge in [-0.05, 0) is 47.0 Å². The molecule has 0 aliphatic heterocycles. The van der Waals surface area contributed by atoms with Gasteiger partial charge >= 0.3 is 0 Å². The van der Waals surface area contributed by atoms with Crippen molar-refractivity contribution in [2.45, 2.75) is 0 Å². The van der Waals surface area contributed by atoms with Crippen LogP contribution in [0, 0.1) is 9.39 Å². The van der Waals surface area contributed by atoms with Crippen LogP contribution in [0.3, 0.4) is 0 Å². The zero-order valence-electron chi connectivity index (χ0n) is 7.31. The van der Waals surface area contributed by atoms with Gasteiger partial charge in [-0.25, -0.2) is 4.39 Å². The van der Waals surface area contributed by atoms with E-state index in [1.165, 1.54) is 12.1 Å². The summed E-state index contributed by atoms with van der Waals surface area (Å²) in [4.78, 5) is 0. The molecule has 0 bridgehead atoms. The van der Waals surface area contributed by atoms with Crippen LogP contribution in [0.15, 0.2) is 18.2 Å². The van der Waals surface area contributed by atoms with Crippen LogP contribution in [0.25, 0.3) is 0 Å². The number of anilines is 1. The van der Waals surface area contributed by atoms with E-state index in [1.54, 1.807) is 17.8 Å². The molecule has 72 valence electrons. The summed E-state index contributed by atoms with van der Waals surface area (Å²) >= 11 is 3.92. The van der Waals surface area contributed by atoms with E-state index in [-0.39, 0.29) is 5.82 Å². The molecule has 1 rings (SSSR count). The summed E-state index contributed by atoms with van der Waals surface area (Å²) in [6, 6.07) is 4.78. The average molecular weight is 311 g/mol. The predicted octanol–water partition coefficient (Wildman–Crippen LogP) is 3.21. The maximum absolute atomic E-state index is 12.7. The van der Waals surface area contributed by atoms with Crippen molar-refractivity contribution in [1.29, 1.82) is 0 Å². The molecule has 0 saturated heterocycles. The summed E-state index contributed by atoms with van der Waals surface area (Å²) in [5.41, 5.74) is 1.01. The third-order valence-electron chi connectivity index (χ3n) is 1.55. The lowest BCUT2D eigenvalue weighted by Crippen LogP contribution is -2.05. The summed E-state index contributed by atoms with van der Waals surface area (Å²) in [7, 11) is 0. The molecule has 1 aromatic carbocycles. The van der Waals surface area contributed by atoms with Gasteiger partial charge in [0.2, 0.25) is 0 Å². The maximum atomic E-state index is 12.7. The zero-order valence-corrected chi connectivity index (χ0v) is 10.3. The minimum Gasteiger partial charge on any atom is -0.383 e. The number of halogens is 2. The lowest BCUT2D eigenvalue weighted by Gasteiger charge is -2.07. The highest BCUT2D eigenvalue weighted by molar-refractivity contribution is 14.1. The van der Waals surface area contributed by atoms with Gasteiger partial charge in [0, 0.05) is 21.6 Å². The fourth-order valence-corrected chi connectivity index (χ4v) is 1.89. The minimum absolute atomic E-state index is 0.181. The molecular formula is C9H11FINS. The first-order valence-corrected chi connectivity index (χ1v) is 6.39. The summed E-state index contributed by atoms with van der Waals surface area (Å²) < 4.78 is 13.6. The molecule has 0 heterocycles. The molecule has 0 aliphatic carbocycles. The van der Waals surface area contributed by atoms with Gasteiger partial charge in [0.15, 0.2) is 0 Å². The first kappa shape index (κ1) is 11.1. The molecule has 1 nitrogen and oxygen atoms in total. The van der Waals surface area contributed by atoms with Crippen LogP contribution in [0.5, 0.6) is 0 Å². The molecule has 1 aromatic rings. The van der Waals surface area contributed by atoms with Crippen LogP contribution < -0.4 is 5.32 Å². The Morgan fingerprint density at radius 2 is 2.31 bits per heavy atom. The van der Waals surface area contributed by atoms with E-state index >= 15 is 0 Å². The van der Waals surface area contributed by atoms with Crippen LogP contribution >= 0.6 is 34.4 Å². The van der Waals surface area contributed by atoms with Gasteiger partial charge in [0.25, 0.3) is 0 Å². The lowest BCUT2D eigenvalue weighted by atomic mass is 10.3. The SMILES string of the molecule is CSCCNc1ccc(F)cc1I. The van der Waals surface area contributed by atoms with Crippen molar-refractivity contribution in [2.24, 2.45) is 0 Å². The molecule has 0 radical (unpaired) electrons. The van der Waals surface area contributed by atoms with Crippen LogP contribution in [-0.2, 0) is 0 Å². The number of hydrogen-bond acceptors (Lipinski definition) is 2. The Balaban J connectivity index is 2.56. The number of nitrogens with one attached hydrogen (secondary N) is 1. The molecule has 0 amide bonds. The Kier molecular flexibility index (Phi) is 4.87. The van der Waals surface area contributed by atoms with Crippen molar-refractivity contribution in [3.63, 3.8) is 0 Å². The zero-order chi connectivity index (χ0) is 9.68. The molecule has 0 atom stereocenters. The minimum atomic E-state index is -0.181. The van der Waals surface area contributed by atoms with Crippen molar-refractivity contribution < 1.29 is 4.39 Å². The summed E-state index contributed by atoms with van der Waals surface area (Å²) in [5.74, 6) is 0.882. The summed E-state index contributed by atoms with van der Waals surface area (Å²) in [6.07, 6.45) is 2.07. The fourth-order valence-electron chi connectivity index (χ4n) is 0.921. The van der Waals surface area contributed by atoms with Crippen LogP contribution in [0.4, 0.5) is 10.1 Å². The second-order valence-electron chi connectivity index (χ2n) is 2.54. The molecule has 0 unspecified atom stereocenters. The van der Waals surface area contributed by atoms with Crippen LogP contribution in [0.1, 0.15) is 0 Å². The van der Waals surface area contributed by atoms with Gasteiger partial charge in [0.05, 0.1) is 0 Å². The van der Waals surface area contributed by atoms with E-state index in [4.69, 9.17) is 0 Å². The summed E-state index contributed by atoms with van der Waals surface area (Å²) in [5, 5.41) is 3.25. The number of rotatable bonds is 4. The topological polar surface area (TPSA) is 12.0 Å². The van der Waals surface area contributed by atoms with E-state index in [1.807, 2.05) is 0 Å². The monoisotopic (exact) mass is 311 g/mol. The van der Waals surface area contributed by atoms with E-state index in [9.17, 15) is 4.39 Å². The molecule has 0 aromatic heterocycles. The van der Waals surface area contributed by atoms with Crippen molar-refractivity contribution >= 4 is 40.0 Å². The standard InChI is InChI=1S/C9H11FINS/c1-13-5-4-12-9-3-2-7(10)6-8(9)11/h2-3,6,12H,4-5H2,1H3. The highest BCUT2D eigenvalue weighted by Crippen LogP contribution is 2.18. The highest BCUT2D eigenvalue weighted by Gasteiger charge is 1.99. The van der Waals surface area contributed by atoms with Gasteiger partial charge in [-0.15, -0.1) is 0 Å². The van der Waals surface area contributed by atoms with E-state index in [2.05, 4.69) is 34.2 Å². The van der Waals surface area contributed by atoms with Gasteiger partial charge in [-0.2, -0.15) is 11.8 Å². The predicted molar refractivity (Wildman–Crippen MR) is 66.0 cm³/mol. The first-order chi connectivity index (χ1) is 6.24. The summed E-state index contributed by atoms with van der Waals surface area (Å²) in [6.45, 7) is 0.919. The fraction of sp³-hybridized carbons (Fsp3) is 0.333. The Morgan fingerprint density at radius 1 is 1.54 bits per heavy atom. The lowest BCUT2D eigenvalue weighted by molar-refractivity contribution is 0.627. The molecule has 4 heteroatoms. The molecule has 0 fully saturated rings. The van der Waals surface area contributed by atoms with Crippen LogP contribution in [-0.4, -0.2) is 18.6 Å². The molecule has 1 N–H and O–H groups in total. The quantitative estimate of drug-likeness (QED) is 0.677. The third kappa shape index (κ3) is 3.72. The molecule has 13 heavy (non-hydrogen) atoms. The number of thioether (sulfide) groups is 1. The van der Waals surface area contributed by atoms with Crippen LogP contribution in [0.2, 0.25) is 0 Å². The normalized spacial score (nSPS) is 10.1. The average Bonchev–Trinajstić information content (AvgIpc) is 2.09. The van der Waals surface area contributed by atoms with Crippen molar-refractivity contribution in [2.75, 3.05) is 23.9 Å². The van der Waals surface area contributed by atoms with E-state index in [0.29, 0.717) is 0 Å². The molecular weight excluding hydrogens is 300 g/mol. The number of hydrogen-bond donors (Lipinski definition) is 1. The van der Waals surface area contributed by atoms with Gasteiger partial charge in [-0.3, -0.25) is 0 Å². The number of benzene rings is 1. The van der Waals surface area contributed by atoms with Gasteiger partial charge in [-0.1, -0.05) is 0 Å². The Labute approximate surface area is 95.6 Å². The second kappa shape index (κ2) is 5.70. The molecule has 0 spiro atoms. The Hall–Kier alpha value is 0.0300. The Morgan fingerprint density at radius 3 is 2.92 bits per heavy atom. The van der Waals surface area contributed by atoms with Crippen molar-refractivity contribution in [1.82, 2.24) is 0 Å². The van der Waals surface area contributed by atoms with E-state index in [0.717, 1.165) is 21.6 Å². The maximum Gasteiger partial charge on any atom is 0.124 e. The van der Waals surface area contributed by atoms with Crippen molar-refractivity contribution in [3.8, 4) is 0 Å². The third-order valence-corrected chi connectivity index (χ3v) is 3.06. The van der Waals surface area contributed by atoms with Crippen molar-refractivity contribution in [3.05, 3.63) is 27.6 Å². The van der Waals surface area contributed by atoms with Gasteiger partial charge < -0.3 is 5.32 Å². The van der Waals surface area contributed by atoms with E-state index < -0.39 is 0 Å².